The Morgan fingerprint density at radius 2 is 1.97 bits per heavy atom. The molecule has 1 unspecified atom stereocenters. The summed E-state index contributed by atoms with van der Waals surface area (Å²) in [7, 11) is 0. The molecule has 2 aromatic rings. The van der Waals surface area contributed by atoms with Gasteiger partial charge in [-0.3, -0.25) is 19.8 Å². The molecule has 1 saturated heterocycles. The van der Waals surface area contributed by atoms with Crippen LogP contribution in [0.25, 0.3) is 0 Å². The maximum atomic E-state index is 12.8. The van der Waals surface area contributed by atoms with Crippen LogP contribution in [0.15, 0.2) is 30.5 Å². The number of piperazine rings is 1. The lowest BCUT2D eigenvalue weighted by molar-refractivity contribution is -0.384. The van der Waals surface area contributed by atoms with Crippen LogP contribution in [0.4, 0.5) is 30.4 Å². The average Bonchev–Trinajstić information content (AvgIpc) is 2.77. The number of hydrogen-bond donors (Lipinski definition) is 1. The van der Waals surface area contributed by atoms with Gasteiger partial charge in [-0.25, -0.2) is 4.98 Å². The number of non-ortho nitro benzene ring substituents is 1. The number of nitro groups is 1. The number of carbonyl (C=O) groups is 1. The van der Waals surface area contributed by atoms with Crippen LogP contribution in [0, 0.1) is 10.1 Å². The minimum absolute atomic E-state index is 0.0571. The maximum Gasteiger partial charge on any atom is 0.417 e. The van der Waals surface area contributed by atoms with Gasteiger partial charge in [0.1, 0.15) is 5.82 Å². The first kappa shape index (κ1) is 23.1. The SMILES string of the molecule is O=C1Nc2ccc([N+](=O)[O-])cc2OC1CCN1CCN(c2ncc(C(F)(F)F)cc2Cl)CC1. The maximum absolute atomic E-state index is 12.8. The summed E-state index contributed by atoms with van der Waals surface area (Å²) in [6, 6.07) is 4.88. The van der Waals surface area contributed by atoms with Gasteiger partial charge in [-0.05, 0) is 12.1 Å². The van der Waals surface area contributed by atoms with Crippen LogP contribution in [0.1, 0.15) is 12.0 Å². The van der Waals surface area contributed by atoms with Crippen molar-refractivity contribution in [1.29, 1.82) is 0 Å². The Balaban J connectivity index is 1.31. The molecule has 1 aromatic carbocycles. The summed E-state index contributed by atoms with van der Waals surface area (Å²) in [6.45, 7) is 2.73. The van der Waals surface area contributed by atoms with Crippen LogP contribution < -0.4 is 15.0 Å². The third-order valence-corrected chi connectivity index (χ3v) is 5.80. The van der Waals surface area contributed by atoms with Gasteiger partial charge in [0.15, 0.2) is 11.9 Å². The van der Waals surface area contributed by atoms with Crippen LogP contribution in [-0.4, -0.2) is 59.5 Å². The standard InChI is InChI=1S/C20H19ClF3N5O4/c21-14-9-12(20(22,23)24)11-25-18(14)28-7-5-27(6-8-28)4-3-16-19(30)26-15-2-1-13(29(31)32)10-17(15)33-16/h1-2,9-11,16H,3-8H2,(H,26,30). The number of hydrogen-bond acceptors (Lipinski definition) is 7. The fourth-order valence-corrected chi connectivity index (χ4v) is 4.02. The van der Waals surface area contributed by atoms with E-state index < -0.39 is 22.8 Å². The van der Waals surface area contributed by atoms with Crippen LogP contribution in [0.5, 0.6) is 5.75 Å². The molecule has 9 nitrogen and oxygen atoms in total. The Kier molecular flexibility index (Phi) is 6.30. The summed E-state index contributed by atoms with van der Waals surface area (Å²) >= 11 is 6.03. The predicted molar refractivity (Wildman–Crippen MR) is 114 cm³/mol. The Bertz CT molecular complexity index is 1080. The molecule has 2 aliphatic rings. The topological polar surface area (TPSA) is 101 Å². The van der Waals surface area contributed by atoms with Gasteiger partial charge in [0.2, 0.25) is 0 Å². The summed E-state index contributed by atoms with van der Waals surface area (Å²) in [5.74, 6) is 0.231. The largest absolute Gasteiger partial charge is 0.478 e. The molecule has 176 valence electrons. The van der Waals surface area contributed by atoms with Crippen molar-refractivity contribution in [3.8, 4) is 5.75 Å². The number of halogens is 4. The second-order valence-corrected chi connectivity index (χ2v) is 8.09. The van der Waals surface area contributed by atoms with Gasteiger partial charge in [-0.2, -0.15) is 13.2 Å². The minimum Gasteiger partial charge on any atom is -0.478 e. The highest BCUT2D eigenvalue weighted by atomic mass is 35.5. The second kappa shape index (κ2) is 9.02. The van der Waals surface area contributed by atoms with E-state index in [1.54, 1.807) is 0 Å². The Labute approximate surface area is 191 Å². The molecule has 0 spiro atoms. The summed E-state index contributed by atoms with van der Waals surface area (Å²) in [6.07, 6.45) is -4.15. The van der Waals surface area contributed by atoms with Gasteiger partial charge >= 0.3 is 6.18 Å². The normalized spacial score (nSPS) is 19.0. The van der Waals surface area contributed by atoms with Gasteiger partial charge in [-0.1, -0.05) is 11.6 Å². The van der Waals surface area contributed by atoms with E-state index >= 15 is 0 Å². The van der Waals surface area contributed by atoms with Crippen molar-refractivity contribution < 1.29 is 27.6 Å². The van der Waals surface area contributed by atoms with Crippen LogP contribution in [0.3, 0.4) is 0 Å². The van der Waals surface area contributed by atoms with Gasteiger partial charge < -0.3 is 15.0 Å². The number of amides is 1. The fourth-order valence-electron chi connectivity index (χ4n) is 3.74. The fraction of sp³-hybridized carbons (Fsp3) is 0.400. The molecule has 13 heteroatoms. The summed E-state index contributed by atoms with van der Waals surface area (Å²) in [4.78, 5) is 30.6. The third-order valence-electron chi connectivity index (χ3n) is 5.52. The molecule has 1 amide bonds. The molecule has 0 bridgehead atoms. The molecule has 1 fully saturated rings. The summed E-state index contributed by atoms with van der Waals surface area (Å²) < 4.78 is 44.1. The van der Waals surface area contributed by atoms with E-state index in [9.17, 15) is 28.1 Å². The number of fused-ring (bicyclic) bond motifs is 1. The molecule has 1 atom stereocenters. The number of aromatic nitrogens is 1. The van der Waals surface area contributed by atoms with Crippen molar-refractivity contribution in [2.75, 3.05) is 42.9 Å². The van der Waals surface area contributed by atoms with Crippen LogP contribution in [0.2, 0.25) is 5.02 Å². The van der Waals surface area contributed by atoms with Crippen LogP contribution >= 0.6 is 11.6 Å². The number of ether oxygens (including phenoxy) is 1. The molecule has 0 aliphatic carbocycles. The molecule has 1 aromatic heterocycles. The van der Waals surface area contributed by atoms with E-state index in [0.717, 1.165) is 12.3 Å². The lowest BCUT2D eigenvalue weighted by atomic mass is 10.1. The number of nitro benzene ring substituents is 1. The zero-order chi connectivity index (χ0) is 23.8. The molecule has 4 rings (SSSR count). The van der Waals surface area contributed by atoms with E-state index in [1.807, 2.05) is 4.90 Å². The average molecular weight is 486 g/mol. The number of carbonyl (C=O) groups excluding carboxylic acids is 1. The van der Waals surface area contributed by atoms with Crippen molar-refractivity contribution in [3.05, 3.63) is 51.2 Å². The second-order valence-electron chi connectivity index (χ2n) is 7.68. The first-order chi connectivity index (χ1) is 15.6. The highest BCUT2D eigenvalue weighted by Gasteiger charge is 2.33. The van der Waals surface area contributed by atoms with Crippen molar-refractivity contribution in [2.24, 2.45) is 0 Å². The Hall–Kier alpha value is -3.12. The zero-order valence-corrected chi connectivity index (χ0v) is 17.9. The van der Waals surface area contributed by atoms with E-state index in [-0.39, 0.29) is 22.4 Å². The monoisotopic (exact) mass is 485 g/mol. The number of rotatable bonds is 5. The van der Waals surface area contributed by atoms with Gasteiger partial charge in [-0.15, -0.1) is 0 Å². The van der Waals surface area contributed by atoms with Gasteiger partial charge in [0.25, 0.3) is 11.6 Å². The molecular formula is C20H19ClF3N5O4. The highest BCUT2D eigenvalue weighted by Crippen LogP contribution is 2.35. The van der Waals surface area contributed by atoms with Crippen molar-refractivity contribution in [2.45, 2.75) is 18.7 Å². The first-order valence-electron chi connectivity index (χ1n) is 10.1. The molecule has 33 heavy (non-hydrogen) atoms. The predicted octanol–water partition coefficient (Wildman–Crippen LogP) is 3.57. The van der Waals surface area contributed by atoms with E-state index in [2.05, 4.69) is 15.2 Å². The minimum atomic E-state index is -4.51. The van der Waals surface area contributed by atoms with Crippen molar-refractivity contribution in [3.63, 3.8) is 0 Å². The summed E-state index contributed by atoms with van der Waals surface area (Å²) in [5, 5.41) is 13.6. The molecule has 0 radical (unpaired) electrons. The smallest absolute Gasteiger partial charge is 0.417 e. The Morgan fingerprint density at radius 3 is 2.61 bits per heavy atom. The van der Waals surface area contributed by atoms with Crippen LogP contribution in [-0.2, 0) is 11.0 Å². The number of nitrogens with zero attached hydrogens (tertiary/aromatic N) is 4. The van der Waals surface area contributed by atoms with Gasteiger partial charge in [0.05, 0.1) is 27.3 Å². The van der Waals surface area contributed by atoms with E-state index in [0.29, 0.717) is 50.6 Å². The molecule has 0 saturated carbocycles. The highest BCUT2D eigenvalue weighted by molar-refractivity contribution is 6.33. The Morgan fingerprint density at radius 1 is 1.24 bits per heavy atom. The molecule has 2 aliphatic heterocycles. The molecule has 3 heterocycles. The number of nitrogens with one attached hydrogen (secondary N) is 1. The molecule has 1 N–H and O–H groups in total. The van der Waals surface area contributed by atoms with Crippen molar-refractivity contribution in [1.82, 2.24) is 9.88 Å². The van der Waals surface area contributed by atoms with E-state index in [1.165, 1.54) is 18.2 Å². The quantitative estimate of drug-likeness (QED) is 0.510. The van der Waals surface area contributed by atoms with Gasteiger partial charge in [0, 0.05) is 51.4 Å². The number of alkyl halides is 3. The first-order valence-corrected chi connectivity index (χ1v) is 10.5. The molecular weight excluding hydrogens is 467 g/mol. The number of benzene rings is 1. The lowest BCUT2D eigenvalue weighted by Crippen LogP contribution is -2.48. The number of anilines is 2. The summed E-state index contributed by atoms with van der Waals surface area (Å²) in [5.41, 5.74) is -0.640. The van der Waals surface area contributed by atoms with E-state index in [4.69, 9.17) is 16.3 Å². The van der Waals surface area contributed by atoms with Crippen molar-refractivity contribution >= 4 is 34.7 Å². The zero-order valence-electron chi connectivity index (χ0n) is 17.1. The number of pyridine rings is 1. The lowest BCUT2D eigenvalue weighted by Gasteiger charge is -2.36. The third kappa shape index (κ3) is 5.11.